The Kier molecular flexibility index (Phi) is 17.4. The zero-order valence-corrected chi connectivity index (χ0v) is 43.7. The number of hydrogen-bond acceptors (Lipinski definition) is 10. The Hall–Kier alpha value is -1.34. The predicted octanol–water partition coefficient (Wildman–Crippen LogP) is 11.0. The van der Waals surface area contributed by atoms with Crippen molar-refractivity contribution in [2.75, 3.05) is 20.0 Å². The van der Waals surface area contributed by atoms with E-state index in [-0.39, 0.29) is 34.3 Å². The number of aliphatic hydroxyl groups is 1. The summed E-state index contributed by atoms with van der Waals surface area (Å²) in [4.78, 5) is 14.0. The molecule has 0 aromatic heterocycles. The lowest BCUT2D eigenvalue weighted by molar-refractivity contribution is -0.284. The molecule has 1 N–H and O–H groups in total. The van der Waals surface area contributed by atoms with Crippen LogP contribution in [0.25, 0.3) is 6.08 Å². The first kappa shape index (κ1) is 51.8. The summed E-state index contributed by atoms with van der Waals surface area (Å²) < 4.78 is 51.7. The Balaban J connectivity index is 2.66. The molecule has 330 valence electrons. The zero-order valence-electron chi connectivity index (χ0n) is 39.7. The third-order valence-electron chi connectivity index (χ3n) is 11.8. The molecule has 2 rings (SSSR count). The quantitative estimate of drug-likeness (QED) is 0.0406. The molecule has 0 radical (unpaired) electrons. The Morgan fingerprint density at radius 3 is 1.68 bits per heavy atom. The van der Waals surface area contributed by atoms with Gasteiger partial charge in [0, 0.05) is 14.7 Å². The zero-order chi connectivity index (χ0) is 44.2. The van der Waals surface area contributed by atoms with Gasteiger partial charge in [-0.2, -0.15) is 0 Å². The smallest absolute Gasteiger partial charge is 0.374 e. The van der Waals surface area contributed by atoms with Crippen LogP contribution in [0.2, 0.25) is 80.1 Å². The minimum Gasteiger partial charge on any atom is -0.468 e. The van der Waals surface area contributed by atoms with Gasteiger partial charge < -0.3 is 42.1 Å². The largest absolute Gasteiger partial charge is 0.468 e. The van der Waals surface area contributed by atoms with Crippen LogP contribution in [-0.4, -0.2) is 100 Å². The maximum Gasteiger partial charge on any atom is 0.374 e. The molecule has 1 aliphatic heterocycles. The number of carbonyl (C=O) groups is 1. The normalized spacial score (nSPS) is 22.4. The van der Waals surface area contributed by atoms with Crippen LogP contribution in [0.3, 0.4) is 0 Å². The molecule has 1 aromatic rings. The van der Waals surface area contributed by atoms with Gasteiger partial charge in [-0.15, -0.1) is 0 Å². The van der Waals surface area contributed by atoms with Crippen LogP contribution in [0.4, 0.5) is 0 Å². The topological polar surface area (TPSA) is 111 Å². The van der Waals surface area contributed by atoms with Crippen LogP contribution in [-0.2, 0) is 37.0 Å². The molecule has 5 atom stereocenters. The number of rotatable bonds is 17. The minimum absolute atomic E-state index is 0.0617. The highest BCUT2D eigenvalue weighted by atomic mass is 28.4. The third-order valence-corrected chi connectivity index (χ3v) is 27.0. The Morgan fingerprint density at radius 1 is 0.737 bits per heavy atom. The van der Waals surface area contributed by atoms with Crippen molar-refractivity contribution in [3.05, 3.63) is 35.6 Å². The van der Waals surface area contributed by atoms with Crippen molar-refractivity contribution < 1.29 is 46.9 Å². The van der Waals surface area contributed by atoms with E-state index >= 15 is 0 Å². The van der Waals surface area contributed by atoms with Crippen LogP contribution < -0.4 is 4.74 Å². The summed E-state index contributed by atoms with van der Waals surface area (Å²) in [5.41, 5.74) is -0.128. The summed E-state index contributed by atoms with van der Waals surface area (Å²) in [6.07, 6.45) is -3.23. The average molecular weight is 871 g/mol. The summed E-state index contributed by atoms with van der Waals surface area (Å²) in [7, 11) is -8.49. The van der Waals surface area contributed by atoms with E-state index in [0.717, 1.165) is 6.04 Å². The lowest BCUT2D eigenvalue weighted by Gasteiger charge is -2.51. The summed E-state index contributed by atoms with van der Waals surface area (Å²) in [5, 5.41) is 12.1. The first-order chi connectivity index (χ1) is 25.5. The van der Waals surface area contributed by atoms with E-state index in [1.165, 1.54) is 0 Å². The van der Waals surface area contributed by atoms with E-state index in [4.69, 9.17) is 37.0 Å². The van der Waals surface area contributed by atoms with Crippen molar-refractivity contribution in [3.63, 3.8) is 0 Å². The molecular formula is C43H82O10Si4. The number of aliphatic hydroxyl groups excluding tert-OH is 1. The highest BCUT2D eigenvalue weighted by Crippen LogP contribution is 2.44. The van der Waals surface area contributed by atoms with E-state index in [1.54, 1.807) is 6.08 Å². The molecule has 14 heteroatoms. The van der Waals surface area contributed by atoms with Gasteiger partial charge in [0.25, 0.3) is 0 Å². The first-order valence-electron chi connectivity index (χ1n) is 20.7. The van der Waals surface area contributed by atoms with E-state index < -0.39 is 75.3 Å². The molecule has 0 spiro atoms. The Labute approximate surface area is 351 Å². The molecule has 0 aliphatic carbocycles. The van der Waals surface area contributed by atoms with Gasteiger partial charge in [-0.1, -0.05) is 94.1 Å². The van der Waals surface area contributed by atoms with Crippen LogP contribution in [0.15, 0.2) is 30.0 Å². The molecule has 10 nitrogen and oxygen atoms in total. The fraction of sp³-hybridized carbons (Fsp3) is 0.791. The van der Waals surface area contributed by atoms with Gasteiger partial charge in [0.15, 0.2) is 31.7 Å². The van der Waals surface area contributed by atoms with E-state index in [9.17, 15) is 9.90 Å². The molecule has 57 heavy (non-hydrogen) atoms. The standard InChI is InChI=1S/C43H82O10Si4/c1-40(2,3)51-38(45)33(28-31-22-24-32(25-23-31)47-30-46-26-27-54(13,14)15)49-39-37(53-57(20,21)43(10,11)12)35(44)36(52-56(18,19)42(7,8)9)34(50-39)29-48-55(16,17)41(4,5)6/h22-25,28,34-37,39,44H,26-27,29-30H2,1-21H3/b33-28-/t34-,35+,36-,37-,39-/m1/s1. The summed E-state index contributed by atoms with van der Waals surface area (Å²) in [5.74, 6) is -0.113. The molecule has 1 fully saturated rings. The molecular weight excluding hydrogens is 789 g/mol. The lowest BCUT2D eigenvalue weighted by Crippen LogP contribution is -2.66. The maximum atomic E-state index is 14.0. The molecule has 1 heterocycles. The molecule has 0 unspecified atom stereocenters. The highest BCUT2D eigenvalue weighted by Gasteiger charge is 2.55. The fourth-order valence-electron chi connectivity index (χ4n) is 4.89. The Bertz CT molecular complexity index is 1460. The SMILES string of the molecule is CC(C)(C)OC(=O)/C(=C/c1ccc(OCOCC[Si](C)(C)C)cc1)O[C@@H]1O[C@H](CO[Si](C)(C)C(C)(C)C)[C@@H](O[Si](C)(C)C(C)(C)C)[C@H](O)[C@H]1O[Si](C)(C)C(C)(C)C. The number of hydrogen-bond donors (Lipinski definition) is 1. The van der Waals surface area contributed by atoms with Crippen LogP contribution in [0, 0.1) is 0 Å². The van der Waals surface area contributed by atoms with Crippen molar-refractivity contribution in [1.29, 1.82) is 0 Å². The number of benzene rings is 1. The second-order valence-corrected chi connectivity index (χ2v) is 42.4. The number of ether oxygens (including phenoxy) is 5. The van der Waals surface area contributed by atoms with Gasteiger partial charge in [-0.05, 0) is 105 Å². The van der Waals surface area contributed by atoms with Crippen LogP contribution in [0.1, 0.15) is 88.6 Å². The van der Waals surface area contributed by atoms with Crippen LogP contribution in [0.5, 0.6) is 5.75 Å². The van der Waals surface area contributed by atoms with E-state index in [0.29, 0.717) is 17.9 Å². The summed E-state index contributed by atoms with van der Waals surface area (Å²) >= 11 is 0. The summed E-state index contributed by atoms with van der Waals surface area (Å²) in [6, 6.07) is 8.38. The van der Waals surface area contributed by atoms with Crippen molar-refractivity contribution in [1.82, 2.24) is 0 Å². The number of esters is 1. The van der Waals surface area contributed by atoms with Gasteiger partial charge >= 0.3 is 5.97 Å². The predicted molar refractivity (Wildman–Crippen MR) is 243 cm³/mol. The second-order valence-electron chi connectivity index (χ2n) is 22.5. The van der Waals surface area contributed by atoms with E-state index in [1.807, 2.05) is 45.0 Å². The lowest BCUT2D eigenvalue weighted by atomic mass is 9.99. The average Bonchev–Trinajstić information content (AvgIpc) is 3.00. The summed E-state index contributed by atoms with van der Waals surface area (Å²) in [6.45, 7) is 45.8. The monoisotopic (exact) mass is 870 g/mol. The maximum absolute atomic E-state index is 14.0. The minimum atomic E-state index is -2.57. The first-order valence-corrected chi connectivity index (χ1v) is 33.2. The van der Waals surface area contributed by atoms with Gasteiger partial charge in [-0.3, -0.25) is 0 Å². The Morgan fingerprint density at radius 2 is 1.23 bits per heavy atom. The molecule has 0 saturated carbocycles. The van der Waals surface area contributed by atoms with Crippen molar-refractivity contribution in [2.24, 2.45) is 0 Å². The van der Waals surface area contributed by atoms with Crippen molar-refractivity contribution >= 4 is 45.1 Å². The molecule has 0 bridgehead atoms. The van der Waals surface area contributed by atoms with Gasteiger partial charge in [0.1, 0.15) is 35.8 Å². The molecule has 0 amide bonds. The second kappa shape index (κ2) is 19.1. The molecule has 1 saturated heterocycles. The third kappa shape index (κ3) is 15.9. The fourth-order valence-corrected chi connectivity index (χ4v) is 9.27. The molecule has 1 aromatic carbocycles. The van der Waals surface area contributed by atoms with Gasteiger partial charge in [-0.25, -0.2) is 4.79 Å². The van der Waals surface area contributed by atoms with E-state index in [2.05, 4.69) is 121 Å². The number of carbonyl (C=O) groups excluding carboxylic acids is 1. The van der Waals surface area contributed by atoms with Crippen LogP contribution >= 0.6 is 0 Å². The highest BCUT2D eigenvalue weighted by molar-refractivity contribution is 6.76. The van der Waals surface area contributed by atoms with Crippen molar-refractivity contribution in [3.8, 4) is 5.75 Å². The van der Waals surface area contributed by atoms with Crippen molar-refractivity contribution in [2.45, 2.75) is 199 Å². The van der Waals surface area contributed by atoms with Gasteiger partial charge in [0.2, 0.25) is 12.0 Å². The van der Waals surface area contributed by atoms with Gasteiger partial charge in [0.05, 0.1) is 6.61 Å². The molecule has 1 aliphatic rings.